The van der Waals surface area contributed by atoms with Crippen LogP contribution in [-0.4, -0.2) is 53.5 Å². The zero-order valence-electron chi connectivity index (χ0n) is 16.4. The summed E-state index contributed by atoms with van der Waals surface area (Å²) in [6.45, 7) is 3.86. The second-order valence-electron chi connectivity index (χ2n) is 6.21. The van der Waals surface area contributed by atoms with Crippen LogP contribution in [0.5, 0.6) is 0 Å². The summed E-state index contributed by atoms with van der Waals surface area (Å²) in [5, 5.41) is 19.2. The minimum absolute atomic E-state index is 0.0906. The number of anilines is 1. The smallest absolute Gasteiger partial charge is 0.265 e. The van der Waals surface area contributed by atoms with Crippen LogP contribution < -0.4 is 10.2 Å². The molecule has 0 atom stereocenters. The van der Waals surface area contributed by atoms with E-state index in [9.17, 15) is 13.2 Å². The number of hydrogen-bond acceptors (Lipinski definition) is 7. The van der Waals surface area contributed by atoms with Gasteiger partial charge < -0.3 is 10.2 Å². The fourth-order valence-corrected chi connectivity index (χ4v) is 4.27. The average Bonchev–Trinajstić information content (AvgIpc) is 3.16. The lowest BCUT2D eigenvalue weighted by molar-refractivity contribution is -0.121. The first-order valence-corrected chi connectivity index (χ1v) is 10.6. The molecule has 0 aliphatic rings. The van der Waals surface area contributed by atoms with E-state index in [2.05, 4.69) is 15.6 Å². The maximum Gasteiger partial charge on any atom is 0.265 e. The molecular weight excluding hydrogens is 408 g/mol. The van der Waals surface area contributed by atoms with Crippen molar-refractivity contribution in [2.75, 3.05) is 25.0 Å². The number of nitrogens with one attached hydrogen (secondary N) is 1. The lowest BCUT2D eigenvalue weighted by atomic mass is 10.2. The van der Waals surface area contributed by atoms with Gasteiger partial charge >= 0.3 is 0 Å². The van der Waals surface area contributed by atoms with Gasteiger partial charge in [0.2, 0.25) is 10.0 Å². The van der Waals surface area contributed by atoms with Crippen LogP contribution in [0.1, 0.15) is 19.4 Å². The SMILES string of the molecule is CCN(CC)S(=O)(=O)c1ccc2nnn(OCC(=O)Nc3ccc(C#N)cc3)c2c1. The Hall–Kier alpha value is -3.49. The molecule has 3 aromatic rings. The van der Waals surface area contributed by atoms with Gasteiger partial charge in [-0.15, -0.1) is 5.10 Å². The Balaban J connectivity index is 1.75. The number of carbonyl (C=O) groups excluding carboxylic acids is 1. The zero-order chi connectivity index (χ0) is 21.7. The van der Waals surface area contributed by atoms with E-state index in [1.165, 1.54) is 22.5 Å². The topological polar surface area (TPSA) is 130 Å². The maximum absolute atomic E-state index is 12.7. The van der Waals surface area contributed by atoms with E-state index in [1.54, 1.807) is 38.1 Å². The molecule has 1 amide bonds. The molecule has 1 aromatic heterocycles. The van der Waals surface area contributed by atoms with Crippen LogP contribution in [0.15, 0.2) is 47.4 Å². The Kier molecular flexibility index (Phi) is 6.29. The maximum atomic E-state index is 12.7. The second-order valence-corrected chi connectivity index (χ2v) is 8.15. The minimum atomic E-state index is -3.66. The van der Waals surface area contributed by atoms with Crippen molar-refractivity contribution in [3.8, 4) is 6.07 Å². The number of amides is 1. The van der Waals surface area contributed by atoms with Crippen molar-refractivity contribution < 1.29 is 18.0 Å². The highest BCUT2D eigenvalue weighted by Crippen LogP contribution is 2.20. The van der Waals surface area contributed by atoms with Crippen molar-refractivity contribution >= 4 is 32.7 Å². The number of carbonyl (C=O) groups is 1. The molecule has 10 nitrogen and oxygen atoms in total. The van der Waals surface area contributed by atoms with Crippen LogP contribution in [0.2, 0.25) is 0 Å². The van der Waals surface area contributed by atoms with E-state index in [1.807, 2.05) is 6.07 Å². The summed E-state index contributed by atoms with van der Waals surface area (Å²) < 4.78 is 26.8. The predicted molar refractivity (Wildman–Crippen MR) is 109 cm³/mol. The van der Waals surface area contributed by atoms with Crippen molar-refractivity contribution in [3.05, 3.63) is 48.0 Å². The third-order valence-electron chi connectivity index (χ3n) is 4.35. The summed E-state index contributed by atoms with van der Waals surface area (Å²) >= 11 is 0. The largest absolute Gasteiger partial charge is 0.385 e. The third-order valence-corrected chi connectivity index (χ3v) is 6.39. The van der Waals surface area contributed by atoms with Crippen LogP contribution in [0, 0.1) is 11.3 Å². The molecule has 156 valence electrons. The first kappa shape index (κ1) is 21.2. The number of sulfonamides is 1. The number of nitrogens with zero attached hydrogens (tertiary/aromatic N) is 5. The summed E-state index contributed by atoms with van der Waals surface area (Å²) in [6.07, 6.45) is 0. The monoisotopic (exact) mass is 428 g/mol. The molecule has 2 aromatic carbocycles. The van der Waals surface area contributed by atoms with Crippen molar-refractivity contribution in [3.63, 3.8) is 0 Å². The van der Waals surface area contributed by atoms with E-state index < -0.39 is 15.9 Å². The highest BCUT2D eigenvalue weighted by atomic mass is 32.2. The van der Waals surface area contributed by atoms with Gasteiger partial charge in [0.1, 0.15) is 11.0 Å². The third kappa shape index (κ3) is 4.40. The summed E-state index contributed by atoms with van der Waals surface area (Å²) in [5.74, 6) is -0.449. The molecule has 11 heteroatoms. The predicted octanol–water partition coefficient (Wildman–Crippen LogP) is 1.40. The fraction of sp³-hybridized carbons (Fsp3) is 0.263. The zero-order valence-corrected chi connectivity index (χ0v) is 17.3. The van der Waals surface area contributed by atoms with Crippen molar-refractivity contribution in [2.45, 2.75) is 18.7 Å². The summed E-state index contributed by atoms with van der Waals surface area (Å²) in [4.78, 5) is 18.6. The Morgan fingerprint density at radius 2 is 1.90 bits per heavy atom. The average molecular weight is 428 g/mol. The van der Waals surface area contributed by atoms with Gasteiger partial charge in [0.15, 0.2) is 6.61 Å². The van der Waals surface area contributed by atoms with Crippen molar-refractivity contribution in [1.29, 1.82) is 5.26 Å². The Labute approximate surface area is 173 Å². The quantitative estimate of drug-likeness (QED) is 0.574. The van der Waals surface area contributed by atoms with Crippen molar-refractivity contribution in [2.24, 2.45) is 0 Å². The van der Waals surface area contributed by atoms with Crippen LogP contribution in [-0.2, 0) is 14.8 Å². The number of fused-ring (bicyclic) bond motifs is 1. The number of nitriles is 1. The molecule has 3 rings (SSSR count). The van der Waals surface area contributed by atoms with Gasteiger partial charge in [-0.3, -0.25) is 4.79 Å². The van der Waals surface area contributed by atoms with Gasteiger partial charge in [0.25, 0.3) is 5.91 Å². The van der Waals surface area contributed by atoms with Gasteiger partial charge in [-0.05, 0) is 47.7 Å². The Bertz CT molecular complexity index is 1190. The first-order valence-electron chi connectivity index (χ1n) is 9.18. The Morgan fingerprint density at radius 3 is 2.53 bits per heavy atom. The first-order chi connectivity index (χ1) is 14.4. The summed E-state index contributed by atoms with van der Waals surface area (Å²) in [6, 6.07) is 12.8. The molecular formula is C19H20N6O4S. The Morgan fingerprint density at radius 1 is 1.20 bits per heavy atom. The molecule has 0 bridgehead atoms. The molecule has 30 heavy (non-hydrogen) atoms. The molecule has 0 fully saturated rings. The van der Waals surface area contributed by atoms with E-state index in [0.29, 0.717) is 35.4 Å². The molecule has 0 aliphatic carbocycles. The van der Waals surface area contributed by atoms with Gasteiger partial charge in [-0.1, -0.05) is 18.7 Å². The molecule has 0 saturated carbocycles. The van der Waals surface area contributed by atoms with E-state index in [-0.39, 0.29) is 11.5 Å². The van der Waals surface area contributed by atoms with Crippen LogP contribution in [0.4, 0.5) is 5.69 Å². The van der Waals surface area contributed by atoms with E-state index in [0.717, 1.165) is 4.85 Å². The number of benzene rings is 2. The summed E-state index contributed by atoms with van der Waals surface area (Å²) in [5.41, 5.74) is 1.75. The van der Waals surface area contributed by atoms with Crippen molar-refractivity contribution in [1.82, 2.24) is 19.5 Å². The van der Waals surface area contributed by atoms with Gasteiger partial charge in [-0.25, -0.2) is 8.42 Å². The molecule has 0 spiro atoms. The van der Waals surface area contributed by atoms with E-state index >= 15 is 0 Å². The summed E-state index contributed by atoms with van der Waals surface area (Å²) in [7, 11) is -3.66. The number of rotatable bonds is 8. The molecule has 1 N–H and O–H groups in total. The van der Waals surface area contributed by atoms with Crippen LogP contribution in [0.25, 0.3) is 11.0 Å². The van der Waals surface area contributed by atoms with Crippen LogP contribution >= 0.6 is 0 Å². The molecule has 0 aliphatic heterocycles. The highest BCUT2D eigenvalue weighted by molar-refractivity contribution is 7.89. The highest BCUT2D eigenvalue weighted by Gasteiger charge is 2.23. The number of hydrogen-bond donors (Lipinski definition) is 1. The van der Waals surface area contributed by atoms with Crippen LogP contribution in [0.3, 0.4) is 0 Å². The van der Waals surface area contributed by atoms with E-state index in [4.69, 9.17) is 10.1 Å². The molecule has 1 heterocycles. The molecule has 0 saturated heterocycles. The minimum Gasteiger partial charge on any atom is -0.385 e. The normalized spacial score (nSPS) is 11.4. The standard InChI is InChI=1S/C19H20N6O4S/c1-3-24(4-2)30(27,28)16-9-10-17-18(11-16)25(23-22-17)29-13-19(26)21-15-7-5-14(12-20)6-8-15/h5-11H,3-4,13H2,1-2H3,(H,21,26). The second kappa shape index (κ2) is 8.89. The lowest BCUT2D eigenvalue weighted by Crippen LogP contribution is -2.30. The van der Waals surface area contributed by atoms with Gasteiger partial charge in [0.05, 0.1) is 16.5 Å². The van der Waals surface area contributed by atoms with Gasteiger partial charge in [0, 0.05) is 18.8 Å². The number of aromatic nitrogens is 3. The fourth-order valence-electron chi connectivity index (χ4n) is 2.79. The van der Waals surface area contributed by atoms with Gasteiger partial charge in [-0.2, -0.15) is 9.57 Å². The lowest BCUT2D eigenvalue weighted by Gasteiger charge is -2.18. The molecule has 0 unspecified atom stereocenters. The molecule has 0 radical (unpaired) electrons.